The third-order valence-electron chi connectivity index (χ3n) is 2.48. The first kappa shape index (κ1) is 13.2. The van der Waals surface area contributed by atoms with Gasteiger partial charge in [-0.05, 0) is 11.4 Å². The molecule has 0 aliphatic heterocycles. The monoisotopic (exact) mass is 287 g/mol. The molecule has 8 heteroatoms. The molecule has 2 aromatic heterocycles. The van der Waals surface area contributed by atoms with E-state index in [9.17, 15) is 8.42 Å². The van der Waals surface area contributed by atoms with Crippen molar-refractivity contribution in [3.63, 3.8) is 0 Å². The SMILES string of the molecule is CN(Cc1cccs1)S(=O)(=O)c1[nH]ncc1CO. The van der Waals surface area contributed by atoms with Crippen LogP contribution in [0.4, 0.5) is 0 Å². The zero-order valence-corrected chi connectivity index (χ0v) is 11.3. The summed E-state index contributed by atoms with van der Waals surface area (Å²) in [6.07, 6.45) is 1.31. The molecule has 0 radical (unpaired) electrons. The second kappa shape index (κ2) is 5.19. The van der Waals surface area contributed by atoms with Gasteiger partial charge in [0.05, 0.1) is 12.8 Å². The van der Waals surface area contributed by atoms with Crippen LogP contribution in [0.2, 0.25) is 0 Å². The van der Waals surface area contributed by atoms with Crippen molar-refractivity contribution < 1.29 is 13.5 Å². The molecule has 0 bridgehead atoms. The first-order chi connectivity index (χ1) is 8.55. The molecule has 0 aromatic carbocycles. The topological polar surface area (TPSA) is 86.3 Å². The van der Waals surface area contributed by atoms with Gasteiger partial charge in [-0.25, -0.2) is 8.42 Å². The zero-order chi connectivity index (χ0) is 13.2. The van der Waals surface area contributed by atoms with E-state index in [1.165, 1.54) is 28.9 Å². The zero-order valence-electron chi connectivity index (χ0n) is 9.70. The minimum Gasteiger partial charge on any atom is -0.392 e. The van der Waals surface area contributed by atoms with Crippen molar-refractivity contribution in [1.82, 2.24) is 14.5 Å². The van der Waals surface area contributed by atoms with Gasteiger partial charge in [0.25, 0.3) is 10.0 Å². The molecule has 0 spiro atoms. The normalized spacial score (nSPS) is 12.2. The largest absolute Gasteiger partial charge is 0.392 e. The first-order valence-electron chi connectivity index (χ1n) is 5.17. The van der Waals surface area contributed by atoms with Crippen molar-refractivity contribution in [1.29, 1.82) is 0 Å². The van der Waals surface area contributed by atoms with Crippen molar-refractivity contribution in [3.8, 4) is 0 Å². The number of aromatic amines is 1. The standard InChI is InChI=1S/C10H13N3O3S2/c1-13(6-9-3-2-4-17-9)18(15,16)10-8(7-14)5-11-12-10/h2-5,14H,6-7H2,1H3,(H,11,12). The van der Waals surface area contributed by atoms with Crippen LogP contribution in [0.5, 0.6) is 0 Å². The average molecular weight is 287 g/mol. The second-order valence-corrected chi connectivity index (χ2v) is 6.74. The number of H-pyrrole nitrogens is 1. The molecule has 2 heterocycles. The highest BCUT2D eigenvalue weighted by molar-refractivity contribution is 7.89. The number of hydrogen-bond acceptors (Lipinski definition) is 5. The van der Waals surface area contributed by atoms with E-state index < -0.39 is 10.0 Å². The lowest BCUT2D eigenvalue weighted by Gasteiger charge is -2.15. The lowest BCUT2D eigenvalue weighted by atomic mass is 10.4. The molecule has 2 N–H and O–H groups in total. The van der Waals surface area contributed by atoms with Gasteiger partial charge in [-0.2, -0.15) is 9.40 Å². The lowest BCUT2D eigenvalue weighted by Crippen LogP contribution is -2.27. The van der Waals surface area contributed by atoms with Crippen molar-refractivity contribution in [3.05, 3.63) is 34.2 Å². The summed E-state index contributed by atoms with van der Waals surface area (Å²) in [5, 5.41) is 17.0. The number of aliphatic hydroxyl groups excluding tert-OH is 1. The van der Waals surface area contributed by atoms with Crippen molar-refractivity contribution >= 4 is 21.4 Å². The molecule has 2 aromatic rings. The molecular formula is C10H13N3O3S2. The van der Waals surface area contributed by atoms with Crippen LogP contribution >= 0.6 is 11.3 Å². The average Bonchev–Trinajstić information content (AvgIpc) is 2.98. The Kier molecular flexibility index (Phi) is 3.81. The quantitative estimate of drug-likeness (QED) is 0.851. The fraction of sp³-hybridized carbons (Fsp3) is 0.300. The number of aliphatic hydroxyl groups is 1. The van der Waals surface area contributed by atoms with Crippen LogP contribution in [-0.2, 0) is 23.2 Å². The molecule has 0 saturated carbocycles. The Morgan fingerprint density at radius 2 is 2.33 bits per heavy atom. The summed E-state index contributed by atoms with van der Waals surface area (Å²) >= 11 is 1.49. The van der Waals surface area contributed by atoms with Crippen LogP contribution in [0.15, 0.2) is 28.7 Å². The number of hydrogen-bond donors (Lipinski definition) is 2. The van der Waals surface area contributed by atoms with Gasteiger partial charge < -0.3 is 5.11 Å². The number of rotatable bonds is 5. The lowest BCUT2D eigenvalue weighted by molar-refractivity contribution is 0.278. The molecule has 2 rings (SSSR count). The van der Waals surface area contributed by atoms with Crippen LogP contribution in [0.3, 0.4) is 0 Å². The number of aromatic nitrogens is 2. The number of nitrogens with zero attached hydrogens (tertiary/aromatic N) is 2. The highest BCUT2D eigenvalue weighted by Gasteiger charge is 2.25. The molecule has 0 aliphatic rings. The summed E-state index contributed by atoms with van der Waals surface area (Å²) in [6, 6.07) is 3.74. The summed E-state index contributed by atoms with van der Waals surface area (Å²) in [5.41, 5.74) is 0.271. The molecule has 0 saturated heterocycles. The van der Waals surface area contributed by atoms with Crippen LogP contribution in [0.1, 0.15) is 10.4 Å². The molecule has 0 amide bonds. The van der Waals surface area contributed by atoms with Gasteiger partial charge in [0.15, 0.2) is 5.03 Å². The summed E-state index contributed by atoms with van der Waals surface area (Å²) < 4.78 is 25.7. The number of sulfonamides is 1. The van der Waals surface area contributed by atoms with Crippen LogP contribution in [-0.4, -0.2) is 35.1 Å². The Morgan fingerprint density at radius 3 is 2.94 bits per heavy atom. The molecule has 0 unspecified atom stereocenters. The maximum Gasteiger partial charge on any atom is 0.260 e. The van der Waals surface area contributed by atoms with Gasteiger partial charge in [-0.1, -0.05) is 6.07 Å². The summed E-state index contributed by atoms with van der Waals surface area (Å²) in [6.45, 7) is -0.0677. The van der Waals surface area contributed by atoms with Gasteiger partial charge >= 0.3 is 0 Å². The van der Waals surface area contributed by atoms with Gasteiger partial charge in [0.2, 0.25) is 0 Å². The van der Waals surface area contributed by atoms with Crippen LogP contribution < -0.4 is 0 Å². The number of nitrogens with one attached hydrogen (secondary N) is 1. The Bertz CT molecular complexity index is 604. The maximum absolute atomic E-state index is 12.2. The second-order valence-electron chi connectivity index (χ2n) is 3.72. The Morgan fingerprint density at radius 1 is 1.56 bits per heavy atom. The molecule has 98 valence electrons. The van der Waals surface area contributed by atoms with E-state index in [2.05, 4.69) is 10.2 Å². The minimum absolute atomic E-state index is 0.0518. The van der Waals surface area contributed by atoms with Gasteiger partial charge in [0, 0.05) is 24.0 Å². The van der Waals surface area contributed by atoms with Crippen molar-refractivity contribution in [2.45, 2.75) is 18.2 Å². The fourth-order valence-corrected chi connectivity index (χ4v) is 3.57. The van der Waals surface area contributed by atoms with E-state index in [0.717, 1.165) is 4.88 Å². The van der Waals surface area contributed by atoms with E-state index in [0.29, 0.717) is 6.54 Å². The van der Waals surface area contributed by atoms with Gasteiger partial charge in [-0.3, -0.25) is 5.10 Å². The van der Waals surface area contributed by atoms with E-state index in [1.54, 1.807) is 0 Å². The van der Waals surface area contributed by atoms with E-state index in [1.807, 2.05) is 17.5 Å². The molecule has 0 fully saturated rings. The predicted molar refractivity (Wildman–Crippen MR) is 67.5 cm³/mol. The molecule has 0 atom stereocenters. The number of thiophene rings is 1. The summed E-state index contributed by atoms with van der Waals surface area (Å²) in [5.74, 6) is 0. The first-order valence-corrected chi connectivity index (χ1v) is 7.49. The van der Waals surface area contributed by atoms with Crippen LogP contribution in [0.25, 0.3) is 0 Å². The van der Waals surface area contributed by atoms with Crippen LogP contribution in [0, 0.1) is 0 Å². The van der Waals surface area contributed by atoms with Crippen molar-refractivity contribution in [2.75, 3.05) is 7.05 Å². The van der Waals surface area contributed by atoms with Gasteiger partial charge in [-0.15, -0.1) is 11.3 Å². The fourth-order valence-electron chi connectivity index (χ4n) is 1.50. The van der Waals surface area contributed by atoms with Crippen molar-refractivity contribution in [2.24, 2.45) is 0 Å². The summed E-state index contributed by atoms with van der Waals surface area (Å²) in [7, 11) is -2.16. The smallest absolute Gasteiger partial charge is 0.260 e. The van der Waals surface area contributed by atoms with E-state index >= 15 is 0 Å². The van der Waals surface area contributed by atoms with E-state index in [-0.39, 0.29) is 17.2 Å². The molecular weight excluding hydrogens is 274 g/mol. The third-order valence-corrected chi connectivity index (χ3v) is 5.16. The Hall–Kier alpha value is -1.22. The molecule has 0 aliphatic carbocycles. The molecule has 6 nitrogen and oxygen atoms in total. The maximum atomic E-state index is 12.2. The Balaban J connectivity index is 2.26. The van der Waals surface area contributed by atoms with E-state index in [4.69, 9.17) is 5.11 Å². The summed E-state index contributed by atoms with van der Waals surface area (Å²) in [4.78, 5) is 0.950. The highest BCUT2D eigenvalue weighted by atomic mass is 32.2. The minimum atomic E-state index is -3.65. The molecule has 18 heavy (non-hydrogen) atoms. The third kappa shape index (κ3) is 2.46. The highest BCUT2D eigenvalue weighted by Crippen LogP contribution is 2.19. The predicted octanol–water partition coefficient (Wildman–Crippen LogP) is 0.784. The van der Waals surface area contributed by atoms with Gasteiger partial charge in [0.1, 0.15) is 0 Å². The Labute approximate surface area is 109 Å².